The van der Waals surface area contributed by atoms with Crippen LogP contribution in [0.25, 0.3) is 0 Å². The number of carbonyl (C=O) groups excluding carboxylic acids is 2. The largest absolute Gasteiger partial charge is 0.274 e. The van der Waals surface area contributed by atoms with E-state index in [9.17, 15) is 18.0 Å². The summed E-state index contributed by atoms with van der Waals surface area (Å²) < 4.78 is 23.0. The fourth-order valence-electron chi connectivity index (χ4n) is 1.91. The number of alkyl halides is 1. The highest BCUT2D eigenvalue weighted by Crippen LogP contribution is 2.34. The van der Waals surface area contributed by atoms with Crippen molar-refractivity contribution in [2.24, 2.45) is 11.1 Å². The summed E-state index contributed by atoms with van der Waals surface area (Å²) in [6, 6.07) is 3.66. The molecule has 1 aliphatic heterocycles. The summed E-state index contributed by atoms with van der Waals surface area (Å²) in [5.41, 5.74) is 0.182. The normalized spacial score (nSPS) is 19.8. The average Bonchev–Trinajstić information content (AvgIpc) is 2.63. The van der Waals surface area contributed by atoms with E-state index in [0.717, 1.165) is 11.0 Å². The van der Waals surface area contributed by atoms with Gasteiger partial charge in [0.25, 0.3) is 0 Å². The molecule has 108 valence electrons. The van der Waals surface area contributed by atoms with Gasteiger partial charge in [-0.1, -0.05) is 34.2 Å². The molecule has 1 unspecified atom stereocenters. The number of benzene rings is 1. The fraction of sp³-hybridized carbons (Fsp3) is 0.273. The molecule has 9 heteroatoms. The Morgan fingerprint density at radius 2 is 2.05 bits per heavy atom. The number of nitrogens with zero attached hydrogens (tertiary/aromatic N) is 1. The molecule has 1 fully saturated rings. The maximum absolute atomic E-state index is 12.1. The summed E-state index contributed by atoms with van der Waals surface area (Å²) in [6.45, 7) is 0. The van der Waals surface area contributed by atoms with Gasteiger partial charge < -0.3 is 0 Å². The van der Waals surface area contributed by atoms with E-state index in [0.29, 0.717) is 4.43 Å². The Morgan fingerprint density at radius 3 is 2.50 bits per heavy atom. The van der Waals surface area contributed by atoms with Crippen molar-refractivity contribution >= 4 is 61.7 Å². The zero-order valence-corrected chi connectivity index (χ0v) is 13.8. The molecule has 0 spiro atoms. The van der Waals surface area contributed by atoms with Crippen LogP contribution >= 0.6 is 34.2 Å². The van der Waals surface area contributed by atoms with E-state index < -0.39 is 10.0 Å². The molecule has 20 heavy (non-hydrogen) atoms. The van der Waals surface area contributed by atoms with Crippen molar-refractivity contribution in [2.45, 2.75) is 11.3 Å². The lowest BCUT2D eigenvalue weighted by molar-refractivity contribution is -0.122. The highest BCUT2D eigenvalue weighted by molar-refractivity contribution is 14.1. The molecule has 1 aliphatic rings. The predicted octanol–water partition coefficient (Wildman–Crippen LogP) is 1.30. The molecule has 2 N–H and O–H groups in total. The van der Waals surface area contributed by atoms with Gasteiger partial charge in [-0.25, -0.2) is 18.5 Å². The molecule has 0 aromatic heterocycles. The molecule has 1 aromatic rings. The molecule has 2 amide bonds. The van der Waals surface area contributed by atoms with Crippen molar-refractivity contribution in [2.75, 3.05) is 9.33 Å². The summed E-state index contributed by atoms with van der Waals surface area (Å²) in [5, 5.41) is 4.99. The summed E-state index contributed by atoms with van der Waals surface area (Å²) in [5.74, 6) is -1.03. The van der Waals surface area contributed by atoms with Crippen LogP contribution < -0.4 is 10.0 Å². The van der Waals surface area contributed by atoms with E-state index in [1.165, 1.54) is 12.1 Å². The summed E-state index contributed by atoms with van der Waals surface area (Å²) in [7, 11) is -3.88. The number of halogens is 2. The minimum Gasteiger partial charge on any atom is -0.274 e. The third-order valence-corrected chi connectivity index (χ3v) is 5.19. The van der Waals surface area contributed by atoms with Crippen LogP contribution in [0.4, 0.5) is 5.69 Å². The minimum atomic E-state index is -3.88. The van der Waals surface area contributed by atoms with Gasteiger partial charge in [0.2, 0.25) is 21.8 Å². The van der Waals surface area contributed by atoms with Crippen LogP contribution in [0.2, 0.25) is 5.02 Å². The molecular formula is C11H10ClIN2O4S. The van der Waals surface area contributed by atoms with Crippen LogP contribution in [0.1, 0.15) is 6.42 Å². The van der Waals surface area contributed by atoms with E-state index in [1.54, 1.807) is 0 Å². The smallest absolute Gasteiger partial charge is 0.238 e. The van der Waals surface area contributed by atoms with Crippen molar-refractivity contribution in [1.82, 2.24) is 0 Å². The van der Waals surface area contributed by atoms with Crippen LogP contribution in [0, 0.1) is 5.92 Å². The van der Waals surface area contributed by atoms with Gasteiger partial charge in [0.15, 0.2) is 0 Å². The van der Waals surface area contributed by atoms with Crippen LogP contribution in [0.5, 0.6) is 0 Å². The second-order valence-electron chi connectivity index (χ2n) is 4.28. The SMILES string of the molecule is NS(=O)(=O)c1ccc(N2C(=O)CC(CI)C2=O)c(Cl)c1. The van der Waals surface area contributed by atoms with E-state index >= 15 is 0 Å². The first-order valence-corrected chi connectivity index (χ1v) is 8.96. The quantitative estimate of drug-likeness (QED) is 0.446. The third kappa shape index (κ3) is 2.83. The molecule has 0 saturated carbocycles. The maximum Gasteiger partial charge on any atom is 0.238 e. The highest BCUT2D eigenvalue weighted by atomic mass is 127. The predicted molar refractivity (Wildman–Crippen MR) is 82.3 cm³/mol. The Kier molecular flexibility index (Phi) is 4.38. The van der Waals surface area contributed by atoms with Crippen molar-refractivity contribution in [3.63, 3.8) is 0 Å². The van der Waals surface area contributed by atoms with Gasteiger partial charge in [0.1, 0.15) is 0 Å². The van der Waals surface area contributed by atoms with E-state index in [1.807, 2.05) is 22.6 Å². The molecule has 6 nitrogen and oxygen atoms in total. The molecule has 1 saturated heterocycles. The molecule has 2 rings (SSSR count). The number of carbonyl (C=O) groups is 2. The van der Waals surface area contributed by atoms with E-state index in [2.05, 4.69) is 0 Å². The molecule has 1 atom stereocenters. The monoisotopic (exact) mass is 428 g/mol. The number of rotatable bonds is 3. The van der Waals surface area contributed by atoms with Crippen molar-refractivity contribution < 1.29 is 18.0 Å². The molecular weight excluding hydrogens is 419 g/mol. The zero-order valence-electron chi connectivity index (χ0n) is 10.0. The Labute approximate surface area is 134 Å². The van der Waals surface area contributed by atoms with Crippen LogP contribution in [-0.4, -0.2) is 24.7 Å². The lowest BCUT2D eigenvalue weighted by Gasteiger charge is -2.16. The van der Waals surface area contributed by atoms with Crippen LogP contribution in [0.15, 0.2) is 23.1 Å². The Morgan fingerprint density at radius 1 is 1.40 bits per heavy atom. The standard InChI is InChI=1S/C11H10ClIN2O4S/c12-8-4-7(20(14,18)19)1-2-9(8)15-10(16)3-6(5-13)11(15)17/h1-2,4,6H,3,5H2,(H2,14,18,19). The maximum atomic E-state index is 12.1. The van der Waals surface area contributed by atoms with Gasteiger partial charge in [0.05, 0.1) is 21.5 Å². The summed E-state index contributed by atoms with van der Waals surface area (Å²) in [4.78, 5) is 24.8. The molecule has 1 aromatic carbocycles. The number of nitrogens with two attached hydrogens (primary N) is 1. The molecule has 1 heterocycles. The Bertz CT molecular complexity index is 692. The summed E-state index contributed by atoms with van der Waals surface area (Å²) >= 11 is 8.01. The minimum absolute atomic E-state index is 0.00710. The third-order valence-electron chi connectivity index (χ3n) is 2.91. The molecule has 0 radical (unpaired) electrons. The highest BCUT2D eigenvalue weighted by Gasteiger charge is 2.39. The molecule has 0 aliphatic carbocycles. The lowest BCUT2D eigenvalue weighted by atomic mass is 10.1. The van der Waals surface area contributed by atoms with Gasteiger partial charge in [-0.3, -0.25) is 9.59 Å². The first-order chi connectivity index (χ1) is 9.25. The van der Waals surface area contributed by atoms with Gasteiger partial charge >= 0.3 is 0 Å². The van der Waals surface area contributed by atoms with Crippen molar-refractivity contribution in [3.05, 3.63) is 23.2 Å². The number of hydrogen-bond acceptors (Lipinski definition) is 4. The van der Waals surface area contributed by atoms with Gasteiger partial charge in [0, 0.05) is 10.8 Å². The van der Waals surface area contributed by atoms with Crippen LogP contribution in [-0.2, 0) is 19.6 Å². The number of imide groups is 1. The van der Waals surface area contributed by atoms with E-state index in [-0.39, 0.29) is 39.8 Å². The summed E-state index contributed by atoms with van der Waals surface area (Å²) in [6.07, 6.45) is 0.134. The first-order valence-electron chi connectivity index (χ1n) is 5.51. The van der Waals surface area contributed by atoms with Crippen molar-refractivity contribution in [1.29, 1.82) is 0 Å². The van der Waals surface area contributed by atoms with Crippen LogP contribution in [0.3, 0.4) is 0 Å². The average molecular weight is 429 g/mol. The number of primary sulfonamides is 1. The second-order valence-corrected chi connectivity index (χ2v) is 7.13. The first kappa shape index (κ1) is 15.7. The Balaban J connectivity index is 2.45. The molecule has 0 bridgehead atoms. The second kappa shape index (κ2) is 5.58. The van der Waals surface area contributed by atoms with Crippen molar-refractivity contribution in [3.8, 4) is 0 Å². The topological polar surface area (TPSA) is 97.5 Å². The van der Waals surface area contributed by atoms with Gasteiger partial charge in [-0.05, 0) is 18.2 Å². The zero-order chi connectivity index (χ0) is 15.1. The number of hydrogen-bond donors (Lipinski definition) is 1. The number of sulfonamides is 1. The lowest BCUT2D eigenvalue weighted by Crippen LogP contribution is -2.31. The Hall–Kier alpha value is -0.710. The number of amides is 2. The fourth-order valence-corrected chi connectivity index (χ4v) is 3.47. The number of anilines is 1. The van der Waals surface area contributed by atoms with Gasteiger partial charge in [-0.2, -0.15) is 0 Å². The van der Waals surface area contributed by atoms with E-state index in [4.69, 9.17) is 16.7 Å². The van der Waals surface area contributed by atoms with Gasteiger partial charge in [-0.15, -0.1) is 0 Å².